The third-order valence-electron chi connectivity index (χ3n) is 3.66. The number of carbonyl (C=O) groups is 1. The molecule has 2 aromatic rings. The number of methoxy groups -OCH3 is 2. The first-order chi connectivity index (χ1) is 14.0. The number of hydrogen-bond acceptors (Lipinski definition) is 6. The number of carbonyl (C=O) groups excluding carboxylic acids is 1. The molecule has 0 radical (unpaired) electrons. The highest BCUT2D eigenvalue weighted by molar-refractivity contribution is 6.32. The SMILES string of the molecule is C#CCOc1c(Cl)cc(C=NNC(=O)c2ccc(OC)cc2OC)cc1OCC. The summed E-state index contributed by atoms with van der Waals surface area (Å²) in [6.07, 6.45) is 6.66. The van der Waals surface area contributed by atoms with Crippen molar-refractivity contribution >= 4 is 23.7 Å². The molecule has 1 N–H and O–H groups in total. The van der Waals surface area contributed by atoms with Crippen LogP contribution >= 0.6 is 11.6 Å². The number of ether oxygens (including phenoxy) is 4. The van der Waals surface area contributed by atoms with E-state index in [0.29, 0.717) is 45.8 Å². The standard InChI is InChI=1S/C21H21ClN2O5/c1-5-9-29-20-17(22)10-14(11-19(20)28-6-2)13-23-24-21(25)16-8-7-15(26-3)12-18(16)27-4/h1,7-8,10-13H,6,9H2,2-4H3,(H,24,25). The van der Waals surface area contributed by atoms with E-state index in [2.05, 4.69) is 16.4 Å². The summed E-state index contributed by atoms with van der Waals surface area (Å²) in [6, 6.07) is 8.17. The van der Waals surface area contributed by atoms with E-state index in [1.165, 1.54) is 20.4 Å². The molecule has 0 saturated carbocycles. The van der Waals surface area contributed by atoms with E-state index in [0.717, 1.165) is 0 Å². The molecule has 2 aromatic carbocycles. The fourth-order valence-corrected chi connectivity index (χ4v) is 2.66. The normalized spacial score (nSPS) is 10.3. The first kappa shape index (κ1) is 21.9. The van der Waals surface area contributed by atoms with Crippen LogP contribution in [0.3, 0.4) is 0 Å². The van der Waals surface area contributed by atoms with Crippen LogP contribution in [0.1, 0.15) is 22.8 Å². The molecule has 0 heterocycles. The lowest BCUT2D eigenvalue weighted by Gasteiger charge is -2.13. The first-order valence-corrected chi connectivity index (χ1v) is 8.99. The van der Waals surface area contributed by atoms with Gasteiger partial charge in [0.25, 0.3) is 5.91 Å². The Morgan fingerprint density at radius 1 is 1.21 bits per heavy atom. The van der Waals surface area contributed by atoms with Gasteiger partial charge in [-0.15, -0.1) is 6.42 Å². The van der Waals surface area contributed by atoms with E-state index in [-0.39, 0.29) is 6.61 Å². The van der Waals surface area contributed by atoms with Gasteiger partial charge in [0.15, 0.2) is 11.5 Å². The van der Waals surface area contributed by atoms with Gasteiger partial charge in [-0.25, -0.2) is 5.43 Å². The summed E-state index contributed by atoms with van der Waals surface area (Å²) in [5, 5.41) is 4.29. The number of benzene rings is 2. The third kappa shape index (κ3) is 5.80. The fourth-order valence-electron chi connectivity index (χ4n) is 2.39. The zero-order chi connectivity index (χ0) is 21.2. The molecule has 2 rings (SSSR count). The van der Waals surface area contributed by atoms with Crippen LogP contribution in [0.15, 0.2) is 35.4 Å². The van der Waals surface area contributed by atoms with Crippen molar-refractivity contribution < 1.29 is 23.7 Å². The summed E-state index contributed by atoms with van der Waals surface area (Å²) in [5.74, 6) is 3.67. The number of terminal acetylenes is 1. The maximum atomic E-state index is 12.4. The van der Waals surface area contributed by atoms with Gasteiger partial charge in [-0.2, -0.15) is 5.10 Å². The summed E-state index contributed by atoms with van der Waals surface area (Å²) in [4.78, 5) is 12.4. The zero-order valence-corrected chi connectivity index (χ0v) is 17.1. The largest absolute Gasteiger partial charge is 0.497 e. The van der Waals surface area contributed by atoms with Crippen LogP contribution in [0.4, 0.5) is 0 Å². The van der Waals surface area contributed by atoms with E-state index in [1.807, 2.05) is 6.92 Å². The molecule has 0 aliphatic rings. The van der Waals surface area contributed by atoms with Crippen LogP contribution in [0.5, 0.6) is 23.0 Å². The van der Waals surface area contributed by atoms with Crippen molar-refractivity contribution in [1.29, 1.82) is 0 Å². The predicted octanol–water partition coefficient (Wildman–Crippen LogP) is 3.53. The number of halogens is 1. The lowest BCUT2D eigenvalue weighted by molar-refractivity contribution is 0.0952. The molecule has 0 atom stereocenters. The van der Waals surface area contributed by atoms with Crippen molar-refractivity contribution in [2.45, 2.75) is 6.92 Å². The van der Waals surface area contributed by atoms with Gasteiger partial charge in [0.2, 0.25) is 0 Å². The van der Waals surface area contributed by atoms with Gasteiger partial charge >= 0.3 is 0 Å². The maximum Gasteiger partial charge on any atom is 0.275 e. The molecule has 0 spiro atoms. The molecular formula is C21H21ClN2O5. The highest BCUT2D eigenvalue weighted by Crippen LogP contribution is 2.36. The monoisotopic (exact) mass is 416 g/mol. The Hall–Kier alpha value is -3.37. The minimum Gasteiger partial charge on any atom is -0.497 e. The van der Waals surface area contributed by atoms with Crippen molar-refractivity contribution in [3.05, 3.63) is 46.5 Å². The molecule has 0 fully saturated rings. The summed E-state index contributed by atoms with van der Waals surface area (Å²) in [5.41, 5.74) is 3.37. The Morgan fingerprint density at radius 2 is 2.00 bits per heavy atom. The Labute approximate surface area is 174 Å². The van der Waals surface area contributed by atoms with E-state index in [1.54, 1.807) is 30.3 Å². The Balaban J connectivity index is 2.17. The van der Waals surface area contributed by atoms with Crippen molar-refractivity contribution in [2.24, 2.45) is 5.10 Å². The first-order valence-electron chi connectivity index (χ1n) is 8.62. The minimum atomic E-state index is -0.439. The highest BCUT2D eigenvalue weighted by Gasteiger charge is 2.14. The number of hydrazone groups is 1. The fraction of sp³-hybridized carbons (Fsp3) is 0.238. The van der Waals surface area contributed by atoms with E-state index in [4.69, 9.17) is 37.0 Å². The highest BCUT2D eigenvalue weighted by atomic mass is 35.5. The van der Waals surface area contributed by atoms with Crippen molar-refractivity contribution in [1.82, 2.24) is 5.43 Å². The molecule has 1 amide bonds. The summed E-state index contributed by atoms with van der Waals surface area (Å²) in [7, 11) is 3.00. The maximum absolute atomic E-state index is 12.4. The van der Waals surface area contributed by atoms with Crippen molar-refractivity contribution in [2.75, 3.05) is 27.4 Å². The van der Waals surface area contributed by atoms with Crippen LogP contribution in [0.25, 0.3) is 0 Å². The average Bonchev–Trinajstić information content (AvgIpc) is 2.72. The third-order valence-corrected chi connectivity index (χ3v) is 3.95. The van der Waals surface area contributed by atoms with Crippen LogP contribution < -0.4 is 24.4 Å². The van der Waals surface area contributed by atoms with Crippen molar-refractivity contribution in [3.8, 4) is 35.3 Å². The topological polar surface area (TPSA) is 78.4 Å². The number of rotatable bonds is 9. The number of nitrogens with zero attached hydrogens (tertiary/aromatic N) is 1. The van der Waals surface area contributed by atoms with Gasteiger partial charge in [0, 0.05) is 6.07 Å². The molecule has 0 aliphatic heterocycles. The van der Waals surface area contributed by atoms with Crippen LogP contribution in [-0.4, -0.2) is 39.6 Å². The van der Waals surface area contributed by atoms with Gasteiger partial charge in [-0.1, -0.05) is 17.5 Å². The smallest absolute Gasteiger partial charge is 0.275 e. The molecule has 0 bridgehead atoms. The molecule has 0 aromatic heterocycles. The molecule has 0 saturated heterocycles. The Bertz CT molecular complexity index is 937. The van der Waals surface area contributed by atoms with E-state index >= 15 is 0 Å². The van der Waals surface area contributed by atoms with Crippen LogP contribution in [0.2, 0.25) is 5.02 Å². The lowest BCUT2D eigenvalue weighted by Crippen LogP contribution is -2.18. The summed E-state index contributed by atoms with van der Waals surface area (Å²) < 4.78 is 21.3. The minimum absolute atomic E-state index is 0.0625. The second kappa shape index (κ2) is 10.8. The van der Waals surface area contributed by atoms with Gasteiger partial charge in [-0.3, -0.25) is 4.79 Å². The van der Waals surface area contributed by atoms with E-state index < -0.39 is 5.91 Å². The molecule has 152 valence electrons. The second-order valence-electron chi connectivity index (χ2n) is 5.52. The van der Waals surface area contributed by atoms with E-state index in [9.17, 15) is 4.79 Å². The molecule has 7 nitrogen and oxygen atoms in total. The number of hydrogen-bond donors (Lipinski definition) is 1. The van der Waals surface area contributed by atoms with Gasteiger partial charge in [-0.05, 0) is 36.8 Å². The molecule has 29 heavy (non-hydrogen) atoms. The number of amides is 1. The van der Waals surface area contributed by atoms with Crippen LogP contribution in [0, 0.1) is 12.3 Å². The molecular weight excluding hydrogens is 396 g/mol. The zero-order valence-electron chi connectivity index (χ0n) is 16.3. The molecule has 0 unspecified atom stereocenters. The van der Waals surface area contributed by atoms with Gasteiger partial charge in [0.05, 0.1) is 37.6 Å². The molecule has 0 aliphatic carbocycles. The summed E-state index contributed by atoms with van der Waals surface area (Å²) in [6.45, 7) is 2.31. The predicted molar refractivity (Wildman–Crippen MR) is 112 cm³/mol. The second-order valence-corrected chi connectivity index (χ2v) is 5.93. The average molecular weight is 417 g/mol. The molecule has 8 heteroatoms. The van der Waals surface area contributed by atoms with Gasteiger partial charge < -0.3 is 18.9 Å². The quantitative estimate of drug-likeness (QED) is 0.384. The van der Waals surface area contributed by atoms with Crippen molar-refractivity contribution in [3.63, 3.8) is 0 Å². The lowest BCUT2D eigenvalue weighted by atomic mass is 10.2. The van der Waals surface area contributed by atoms with Crippen LogP contribution in [-0.2, 0) is 0 Å². The Kier molecular flexibility index (Phi) is 8.19. The Morgan fingerprint density at radius 3 is 2.66 bits per heavy atom. The number of nitrogens with one attached hydrogen (secondary N) is 1. The summed E-state index contributed by atoms with van der Waals surface area (Å²) >= 11 is 6.26. The van der Waals surface area contributed by atoms with Gasteiger partial charge in [0.1, 0.15) is 18.1 Å².